The lowest BCUT2D eigenvalue weighted by atomic mass is 9.85. The first kappa shape index (κ1) is 14.6. The number of rotatable bonds is 4. The molecule has 6 heteroatoms. The van der Waals surface area contributed by atoms with Crippen molar-refractivity contribution < 1.29 is 14.3 Å². The van der Waals surface area contributed by atoms with Crippen molar-refractivity contribution in [1.82, 2.24) is 14.8 Å². The summed E-state index contributed by atoms with van der Waals surface area (Å²) >= 11 is 0. The van der Waals surface area contributed by atoms with Crippen molar-refractivity contribution in [3.8, 4) is 0 Å². The van der Waals surface area contributed by atoms with Crippen LogP contribution in [0.4, 0.5) is 0 Å². The quantitative estimate of drug-likeness (QED) is 0.806. The second kappa shape index (κ2) is 6.21. The summed E-state index contributed by atoms with van der Waals surface area (Å²) in [6.07, 6.45) is 4.72. The summed E-state index contributed by atoms with van der Waals surface area (Å²) in [6, 6.07) is 9.63. The summed E-state index contributed by atoms with van der Waals surface area (Å²) in [5.74, 6) is -0.0819. The summed E-state index contributed by atoms with van der Waals surface area (Å²) in [7, 11) is 0. The molecule has 3 rings (SSSR count). The Balaban J connectivity index is 1.99. The number of hydrogen-bond acceptors (Lipinski definition) is 5. The molecule has 1 saturated heterocycles. The molecule has 2 heterocycles. The molecule has 2 aromatic rings. The Morgan fingerprint density at radius 3 is 2.64 bits per heavy atom. The van der Waals surface area contributed by atoms with Crippen LogP contribution in [0.2, 0.25) is 0 Å². The van der Waals surface area contributed by atoms with Crippen LogP contribution in [0.15, 0.2) is 43.0 Å². The normalized spacial score (nSPS) is 18.1. The van der Waals surface area contributed by atoms with Crippen LogP contribution in [0.25, 0.3) is 11.8 Å². The number of carbonyl (C=O) groups excluding carboxylic acids is 1. The van der Waals surface area contributed by atoms with Crippen molar-refractivity contribution in [1.29, 1.82) is 0 Å². The van der Waals surface area contributed by atoms with Crippen molar-refractivity contribution in [2.24, 2.45) is 5.41 Å². The van der Waals surface area contributed by atoms with Gasteiger partial charge in [-0.25, -0.2) is 9.67 Å². The van der Waals surface area contributed by atoms with E-state index < -0.39 is 5.41 Å². The van der Waals surface area contributed by atoms with Crippen molar-refractivity contribution >= 4 is 17.6 Å². The molecule has 1 fully saturated rings. The van der Waals surface area contributed by atoms with Gasteiger partial charge in [0, 0.05) is 0 Å². The topological polar surface area (TPSA) is 66.2 Å². The number of allylic oxidation sites excluding steroid dienone is 1. The van der Waals surface area contributed by atoms with Crippen LogP contribution in [0, 0.1) is 5.41 Å². The Bertz CT molecular complexity index is 659. The smallest absolute Gasteiger partial charge is 0.191 e. The lowest BCUT2D eigenvalue weighted by Crippen LogP contribution is -2.42. The predicted octanol–water partition coefficient (Wildman–Crippen LogP) is 1.86. The zero-order valence-electron chi connectivity index (χ0n) is 12.3. The summed E-state index contributed by atoms with van der Waals surface area (Å²) in [5.41, 5.74) is 0.632. The lowest BCUT2D eigenvalue weighted by molar-refractivity contribution is -0.168. The summed E-state index contributed by atoms with van der Waals surface area (Å²) in [6.45, 7) is 2.72. The molecule has 0 bridgehead atoms. The van der Waals surface area contributed by atoms with E-state index in [1.807, 2.05) is 37.3 Å². The largest absolute Gasteiger partial charge is 0.354 e. The maximum absolute atomic E-state index is 13.0. The molecule has 1 aliphatic rings. The number of ether oxygens (including phenoxy) is 2. The minimum atomic E-state index is -0.731. The Kier molecular flexibility index (Phi) is 4.13. The van der Waals surface area contributed by atoms with Gasteiger partial charge in [-0.2, -0.15) is 5.10 Å². The van der Waals surface area contributed by atoms with Crippen LogP contribution >= 0.6 is 0 Å². The van der Waals surface area contributed by atoms with E-state index in [4.69, 9.17) is 9.47 Å². The van der Waals surface area contributed by atoms with Crippen LogP contribution in [-0.4, -0.2) is 40.6 Å². The van der Waals surface area contributed by atoms with Gasteiger partial charge < -0.3 is 9.47 Å². The molecule has 0 N–H and O–H groups in total. The summed E-state index contributed by atoms with van der Waals surface area (Å²) in [5, 5.41) is 4.09. The molecule has 1 aromatic heterocycles. The Morgan fingerprint density at radius 2 is 2.00 bits per heavy atom. The zero-order valence-corrected chi connectivity index (χ0v) is 12.3. The molecular formula is C16H17N3O3. The molecular weight excluding hydrogens is 282 g/mol. The molecule has 1 aromatic carbocycles. The fourth-order valence-electron chi connectivity index (χ4n) is 2.35. The van der Waals surface area contributed by atoms with Gasteiger partial charge in [-0.1, -0.05) is 30.3 Å². The molecule has 0 aliphatic carbocycles. The van der Waals surface area contributed by atoms with Gasteiger partial charge in [-0.05, 0) is 18.6 Å². The third kappa shape index (κ3) is 2.98. The number of ketones is 1. The second-order valence-electron chi connectivity index (χ2n) is 5.48. The molecule has 0 unspecified atom stereocenters. The van der Waals surface area contributed by atoms with Crippen LogP contribution < -0.4 is 0 Å². The van der Waals surface area contributed by atoms with E-state index in [-0.39, 0.29) is 12.6 Å². The minimum Gasteiger partial charge on any atom is -0.354 e. The highest BCUT2D eigenvalue weighted by Crippen LogP contribution is 2.28. The van der Waals surface area contributed by atoms with Gasteiger partial charge in [0.2, 0.25) is 0 Å². The van der Waals surface area contributed by atoms with E-state index in [1.165, 1.54) is 17.3 Å². The first-order valence-corrected chi connectivity index (χ1v) is 7.01. The van der Waals surface area contributed by atoms with Crippen LogP contribution in [0.3, 0.4) is 0 Å². The first-order chi connectivity index (χ1) is 10.7. The number of hydrogen-bond donors (Lipinski definition) is 0. The van der Waals surface area contributed by atoms with Gasteiger partial charge >= 0.3 is 0 Å². The SMILES string of the molecule is CC1(C(=O)C(=Cc2ccccc2)n2cncn2)COCOC1. The van der Waals surface area contributed by atoms with E-state index in [9.17, 15) is 4.79 Å². The number of aromatic nitrogens is 3. The second-order valence-corrected chi connectivity index (χ2v) is 5.48. The Hall–Kier alpha value is -2.31. The van der Waals surface area contributed by atoms with Gasteiger partial charge in [0.05, 0.1) is 18.6 Å². The molecule has 0 atom stereocenters. The predicted molar refractivity (Wildman–Crippen MR) is 80.5 cm³/mol. The van der Waals surface area contributed by atoms with E-state index in [0.717, 1.165) is 5.56 Å². The zero-order chi connectivity index (χ0) is 15.4. The molecule has 114 valence electrons. The fourth-order valence-corrected chi connectivity index (χ4v) is 2.35. The molecule has 0 amide bonds. The number of nitrogens with zero attached hydrogens (tertiary/aromatic N) is 3. The number of carbonyl (C=O) groups is 1. The highest BCUT2D eigenvalue weighted by Gasteiger charge is 2.39. The molecule has 0 spiro atoms. The van der Waals surface area contributed by atoms with E-state index in [1.54, 1.807) is 6.08 Å². The lowest BCUT2D eigenvalue weighted by Gasteiger charge is -2.32. The molecule has 0 radical (unpaired) electrons. The Labute approximate surface area is 128 Å². The maximum atomic E-state index is 13.0. The maximum Gasteiger partial charge on any atom is 0.191 e. The molecule has 22 heavy (non-hydrogen) atoms. The fraction of sp³-hybridized carbons (Fsp3) is 0.312. The highest BCUT2D eigenvalue weighted by molar-refractivity contribution is 6.22. The molecule has 6 nitrogen and oxygen atoms in total. The van der Waals surface area contributed by atoms with Gasteiger partial charge in [-0.3, -0.25) is 4.79 Å². The van der Waals surface area contributed by atoms with Crippen LogP contribution in [-0.2, 0) is 14.3 Å². The minimum absolute atomic E-state index is 0.0819. The van der Waals surface area contributed by atoms with Crippen LogP contribution in [0.1, 0.15) is 12.5 Å². The standard InChI is InChI=1S/C16H17N3O3/c1-16(8-21-12-22-9-16)15(20)14(19-11-17-10-18-19)7-13-5-3-2-4-6-13/h2-7,10-11H,8-9,12H2,1H3. The average Bonchev–Trinajstić information content (AvgIpc) is 3.08. The van der Waals surface area contributed by atoms with E-state index in [0.29, 0.717) is 18.9 Å². The van der Waals surface area contributed by atoms with Crippen molar-refractivity contribution in [2.45, 2.75) is 6.92 Å². The first-order valence-electron chi connectivity index (χ1n) is 7.01. The summed E-state index contributed by atoms with van der Waals surface area (Å²) < 4.78 is 12.1. The molecule has 0 saturated carbocycles. The summed E-state index contributed by atoms with van der Waals surface area (Å²) in [4.78, 5) is 16.9. The number of Topliss-reactive ketones (excluding diaryl/α,β-unsaturated/α-hetero) is 1. The van der Waals surface area contributed by atoms with Gasteiger partial charge in [0.25, 0.3) is 0 Å². The monoisotopic (exact) mass is 299 g/mol. The highest BCUT2D eigenvalue weighted by atomic mass is 16.7. The van der Waals surface area contributed by atoms with Crippen molar-refractivity contribution in [2.75, 3.05) is 20.0 Å². The third-order valence-electron chi connectivity index (χ3n) is 3.56. The van der Waals surface area contributed by atoms with Crippen molar-refractivity contribution in [3.63, 3.8) is 0 Å². The average molecular weight is 299 g/mol. The number of benzene rings is 1. The third-order valence-corrected chi connectivity index (χ3v) is 3.56. The Morgan fingerprint density at radius 1 is 1.27 bits per heavy atom. The molecule has 1 aliphatic heterocycles. The van der Waals surface area contributed by atoms with Crippen molar-refractivity contribution in [3.05, 3.63) is 48.5 Å². The van der Waals surface area contributed by atoms with E-state index >= 15 is 0 Å². The van der Waals surface area contributed by atoms with Gasteiger partial charge in [0.1, 0.15) is 25.1 Å². The van der Waals surface area contributed by atoms with Gasteiger partial charge in [0.15, 0.2) is 5.78 Å². The van der Waals surface area contributed by atoms with Gasteiger partial charge in [-0.15, -0.1) is 0 Å². The van der Waals surface area contributed by atoms with E-state index in [2.05, 4.69) is 10.1 Å². The van der Waals surface area contributed by atoms with Crippen LogP contribution in [0.5, 0.6) is 0 Å².